The molecule has 4 rings (SSSR count). The lowest BCUT2D eigenvalue weighted by atomic mass is 9.87. The fourth-order valence-electron chi connectivity index (χ4n) is 3.91. The second-order valence-corrected chi connectivity index (χ2v) is 7.27. The molecule has 2 bridgehead atoms. The van der Waals surface area contributed by atoms with E-state index >= 15 is 0 Å². The van der Waals surface area contributed by atoms with Crippen molar-refractivity contribution in [1.82, 2.24) is 15.0 Å². The molecule has 0 spiro atoms. The van der Waals surface area contributed by atoms with E-state index in [2.05, 4.69) is 10.3 Å². The first kappa shape index (κ1) is 15.3. The van der Waals surface area contributed by atoms with Crippen LogP contribution in [0.3, 0.4) is 0 Å². The van der Waals surface area contributed by atoms with Crippen molar-refractivity contribution in [2.24, 2.45) is 11.8 Å². The Morgan fingerprint density at radius 1 is 1.29 bits per heavy atom. The van der Waals surface area contributed by atoms with E-state index in [4.69, 9.17) is 0 Å². The van der Waals surface area contributed by atoms with Gasteiger partial charge in [-0.3, -0.25) is 19.9 Å². The molecule has 7 nitrogen and oxygen atoms in total. The number of thiazole rings is 1. The average molecular weight is 350 g/mol. The van der Waals surface area contributed by atoms with Gasteiger partial charge in [0.1, 0.15) is 0 Å². The molecule has 0 aliphatic heterocycles. The molecule has 3 N–H and O–H groups in total. The van der Waals surface area contributed by atoms with Crippen LogP contribution < -0.4 is 16.6 Å². The first-order valence-electron chi connectivity index (χ1n) is 7.80. The summed E-state index contributed by atoms with van der Waals surface area (Å²) in [5.41, 5.74) is -1.90. The van der Waals surface area contributed by atoms with Crippen LogP contribution in [-0.2, 0) is 0 Å². The van der Waals surface area contributed by atoms with Gasteiger partial charge < -0.3 is 4.98 Å². The molecule has 2 heterocycles. The molecule has 9 heteroatoms. The summed E-state index contributed by atoms with van der Waals surface area (Å²) in [5, 5.41) is 4.69. The van der Waals surface area contributed by atoms with Crippen LogP contribution in [0.15, 0.2) is 15.0 Å². The summed E-state index contributed by atoms with van der Waals surface area (Å²) in [6, 6.07) is 0. The lowest BCUT2D eigenvalue weighted by Crippen LogP contribution is -2.31. The lowest BCUT2D eigenvalue weighted by molar-refractivity contribution is 0.101. The maximum atomic E-state index is 13.7. The summed E-state index contributed by atoms with van der Waals surface area (Å²) >= 11 is 1.26. The third kappa shape index (κ3) is 2.58. The van der Waals surface area contributed by atoms with Crippen molar-refractivity contribution >= 4 is 22.4 Å². The van der Waals surface area contributed by atoms with Gasteiger partial charge in [0, 0.05) is 11.3 Å². The molecule has 0 saturated heterocycles. The second kappa shape index (κ2) is 5.66. The van der Waals surface area contributed by atoms with E-state index in [1.165, 1.54) is 30.6 Å². The molecule has 3 unspecified atom stereocenters. The third-order valence-electron chi connectivity index (χ3n) is 4.97. The number of aromatic amines is 2. The number of hydrogen-bond acceptors (Lipinski definition) is 5. The molecule has 2 aromatic heterocycles. The van der Waals surface area contributed by atoms with Crippen LogP contribution >= 0.6 is 11.3 Å². The highest BCUT2D eigenvalue weighted by Gasteiger charge is 2.41. The summed E-state index contributed by atoms with van der Waals surface area (Å²) in [6.45, 7) is 0. The Balaban J connectivity index is 1.53. The maximum Gasteiger partial charge on any atom is 0.326 e. The highest BCUT2D eigenvalue weighted by Crippen LogP contribution is 2.52. The Kier molecular flexibility index (Phi) is 3.60. The van der Waals surface area contributed by atoms with Gasteiger partial charge in [-0.25, -0.2) is 9.78 Å². The zero-order valence-corrected chi connectivity index (χ0v) is 13.4. The van der Waals surface area contributed by atoms with E-state index in [-0.39, 0.29) is 0 Å². The number of anilines is 1. The van der Waals surface area contributed by atoms with E-state index in [1.54, 1.807) is 4.98 Å². The molecule has 2 aliphatic carbocycles. The number of carbonyl (C=O) groups excluding carboxylic acids is 1. The Bertz CT molecular complexity index is 918. The zero-order chi connectivity index (χ0) is 16.8. The number of halogens is 1. The van der Waals surface area contributed by atoms with Crippen molar-refractivity contribution in [3.63, 3.8) is 0 Å². The quantitative estimate of drug-likeness (QED) is 0.784. The molecular weight excluding hydrogens is 335 g/mol. The smallest absolute Gasteiger partial charge is 0.300 e. The predicted molar refractivity (Wildman–Crippen MR) is 85.9 cm³/mol. The fourth-order valence-corrected chi connectivity index (χ4v) is 4.68. The topological polar surface area (TPSA) is 108 Å². The highest BCUT2D eigenvalue weighted by atomic mass is 32.1. The largest absolute Gasteiger partial charge is 0.326 e. The van der Waals surface area contributed by atoms with Gasteiger partial charge in [0.05, 0.1) is 5.69 Å². The van der Waals surface area contributed by atoms with Gasteiger partial charge in [0.25, 0.3) is 11.5 Å². The molecule has 3 atom stereocenters. The Hall–Kier alpha value is -2.29. The first-order valence-corrected chi connectivity index (χ1v) is 8.68. The number of fused-ring (bicyclic) bond motifs is 2. The minimum atomic E-state index is -1.32. The minimum absolute atomic E-state index is 0.332. The van der Waals surface area contributed by atoms with Crippen LogP contribution in [0.4, 0.5) is 9.52 Å². The molecular formula is C15H15FN4O3S. The van der Waals surface area contributed by atoms with Crippen molar-refractivity contribution in [3.05, 3.63) is 43.4 Å². The summed E-state index contributed by atoms with van der Waals surface area (Å²) < 4.78 is 13.7. The van der Waals surface area contributed by atoms with Crippen molar-refractivity contribution in [2.75, 3.05) is 5.32 Å². The van der Waals surface area contributed by atoms with E-state index in [1.807, 2.05) is 10.4 Å². The number of hydrogen-bond donors (Lipinski definition) is 3. The monoisotopic (exact) mass is 350 g/mol. The van der Waals surface area contributed by atoms with Crippen LogP contribution in [0.25, 0.3) is 0 Å². The molecule has 1 amide bonds. The van der Waals surface area contributed by atoms with Crippen LogP contribution in [0.1, 0.15) is 47.8 Å². The van der Waals surface area contributed by atoms with Crippen molar-refractivity contribution in [2.45, 2.75) is 31.6 Å². The summed E-state index contributed by atoms with van der Waals surface area (Å²) in [7, 11) is 0. The summed E-state index contributed by atoms with van der Waals surface area (Å²) in [5.74, 6) is -0.333. The molecule has 2 saturated carbocycles. The summed E-state index contributed by atoms with van der Waals surface area (Å²) in [4.78, 5) is 42.7. The predicted octanol–water partition coefficient (Wildman–Crippen LogP) is 1.81. The minimum Gasteiger partial charge on any atom is -0.300 e. The van der Waals surface area contributed by atoms with Crippen molar-refractivity contribution in [1.29, 1.82) is 0 Å². The van der Waals surface area contributed by atoms with Gasteiger partial charge in [0.2, 0.25) is 5.82 Å². The third-order valence-corrected chi connectivity index (χ3v) is 5.75. The molecule has 2 aromatic rings. The van der Waals surface area contributed by atoms with Gasteiger partial charge in [-0.15, -0.1) is 11.3 Å². The number of rotatable bonds is 3. The van der Waals surface area contributed by atoms with Crippen LogP contribution in [0.5, 0.6) is 0 Å². The number of nitrogens with one attached hydrogen (secondary N) is 3. The van der Waals surface area contributed by atoms with E-state index in [0.29, 0.717) is 17.0 Å². The number of aromatic nitrogens is 3. The number of nitrogens with zero attached hydrogens (tertiary/aromatic N) is 1. The number of carbonyl (C=O) groups is 1. The van der Waals surface area contributed by atoms with Gasteiger partial charge in [0.15, 0.2) is 10.8 Å². The van der Waals surface area contributed by atoms with Crippen LogP contribution in [0.2, 0.25) is 0 Å². The van der Waals surface area contributed by atoms with Crippen molar-refractivity contribution in [3.8, 4) is 0 Å². The van der Waals surface area contributed by atoms with Crippen LogP contribution in [-0.4, -0.2) is 20.9 Å². The number of H-pyrrole nitrogens is 2. The van der Waals surface area contributed by atoms with Gasteiger partial charge in [-0.1, -0.05) is 6.42 Å². The van der Waals surface area contributed by atoms with E-state index < -0.39 is 28.7 Å². The lowest BCUT2D eigenvalue weighted by Gasteiger charge is -2.19. The summed E-state index contributed by atoms with van der Waals surface area (Å²) in [6.07, 6.45) is 4.92. The Morgan fingerprint density at radius 2 is 2.12 bits per heavy atom. The van der Waals surface area contributed by atoms with Crippen molar-refractivity contribution < 1.29 is 9.18 Å². The van der Waals surface area contributed by atoms with E-state index in [9.17, 15) is 18.8 Å². The molecule has 0 radical (unpaired) electrons. The Labute approximate surface area is 139 Å². The highest BCUT2D eigenvalue weighted by molar-refractivity contribution is 7.14. The fraction of sp³-hybridized carbons (Fsp3) is 0.467. The van der Waals surface area contributed by atoms with Gasteiger partial charge >= 0.3 is 5.69 Å². The van der Waals surface area contributed by atoms with Gasteiger partial charge in [-0.2, -0.15) is 4.39 Å². The average Bonchev–Trinajstić information content (AvgIpc) is 3.26. The van der Waals surface area contributed by atoms with Gasteiger partial charge in [-0.05, 0) is 31.1 Å². The SMILES string of the molecule is O=C(Nc1nc(C2CC3CCC2C3)cs1)c1[nH]c(=O)[nH]c(=O)c1F. The molecule has 24 heavy (non-hydrogen) atoms. The van der Waals surface area contributed by atoms with E-state index in [0.717, 1.165) is 18.0 Å². The second-order valence-electron chi connectivity index (χ2n) is 6.41. The standard InChI is InChI=1S/C15H15FN4O3S/c16-10-11(18-14(23)19-12(10)21)13(22)20-15-17-9(5-24-15)8-4-6-1-2-7(8)3-6/h5-8H,1-4H2,(H,17,20,22)(H2,18,19,21,23). The van der Waals surface area contributed by atoms with Crippen LogP contribution in [0, 0.1) is 17.7 Å². The zero-order valence-electron chi connectivity index (χ0n) is 12.6. The first-order chi connectivity index (χ1) is 11.5. The molecule has 0 aromatic carbocycles. The molecule has 2 aliphatic rings. The normalized spacial score (nSPS) is 25.1. The maximum absolute atomic E-state index is 13.7. The number of amides is 1. The molecule has 2 fully saturated rings. The Morgan fingerprint density at radius 3 is 2.83 bits per heavy atom. The molecule has 126 valence electrons.